The molecule has 3 aromatic rings. The van der Waals surface area contributed by atoms with Gasteiger partial charge < -0.3 is 5.11 Å². The second kappa shape index (κ2) is 8.55. The first-order chi connectivity index (χ1) is 13.8. The van der Waals surface area contributed by atoms with E-state index in [1.165, 1.54) is 0 Å². The highest BCUT2D eigenvalue weighted by molar-refractivity contribution is 6.30. The Morgan fingerprint density at radius 3 is 1.66 bits per heavy atom. The molecule has 1 heterocycles. The van der Waals surface area contributed by atoms with Crippen molar-refractivity contribution >= 4 is 34.3 Å². The maximum atomic E-state index is 12.9. The smallest absolute Gasteiger partial charge is 0.334 e. The van der Waals surface area contributed by atoms with Crippen molar-refractivity contribution in [3.05, 3.63) is 110 Å². The van der Waals surface area contributed by atoms with Crippen LogP contribution in [0.5, 0.6) is 5.88 Å². The number of rotatable bonds is 6. The maximum absolute atomic E-state index is 12.9. The van der Waals surface area contributed by atoms with Crippen molar-refractivity contribution in [2.45, 2.75) is 13.1 Å². The van der Waals surface area contributed by atoms with E-state index in [0.717, 1.165) is 26.3 Å². The zero-order chi connectivity index (χ0) is 21.1. The van der Waals surface area contributed by atoms with E-state index < -0.39 is 17.1 Å². The molecule has 0 unspecified atom stereocenters. The normalized spacial score (nSPS) is 10.7. The third-order valence-electron chi connectivity index (χ3n) is 4.46. The lowest BCUT2D eigenvalue weighted by Gasteiger charge is -2.14. The van der Waals surface area contributed by atoms with E-state index in [4.69, 9.17) is 23.2 Å². The van der Waals surface area contributed by atoms with Gasteiger partial charge >= 0.3 is 5.69 Å². The van der Waals surface area contributed by atoms with Crippen molar-refractivity contribution in [3.63, 3.8) is 0 Å². The average Bonchev–Trinajstić information content (AvgIpc) is 2.69. The third-order valence-corrected chi connectivity index (χ3v) is 4.96. The Labute approximate surface area is 177 Å². The Morgan fingerprint density at radius 1 is 0.793 bits per heavy atom. The number of nitrogens with zero attached hydrogens (tertiary/aromatic N) is 2. The summed E-state index contributed by atoms with van der Waals surface area (Å²) in [6.07, 6.45) is 0. The summed E-state index contributed by atoms with van der Waals surface area (Å²) in [7, 11) is 0. The zero-order valence-corrected chi connectivity index (χ0v) is 17.0. The molecule has 0 saturated carbocycles. The Balaban J connectivity index is 1.91. The summed E-state index contributed by atoms with van der Waals surface area (Å²) in [5.74, 6) is -0.427. The van der Waals surface area contributed by atoms with Crippen LogP contribution in [0, 0.1) is 0 Å². The second-order valence-electron chi connectivity index (χ2n) is 6.52. The fraction of sp³-hybridized carbons (Fsp3) is 0.0909. The lowest BCUT2D eigenvalue weighted by Crippen LogP contribution is -2.39. The number of halogens is 2. The summed E-state index contributed by atoms with van der Waals surface area (Å²) in [5.41, 5.74) is 1.40. The van der Waals surface area contributed by atoms with E-state index in [0.29, 0.717) is 21.2 Å². The molecule has 3 rings (SSSR count). The van der Waals surface area contributed by atoms with Gasteiger partial charge in [0.05, 0.1) is 19.2 Å². The summed E-state index contributed by atoms with van der Waals surface area (Å²) in [4.78, 5) is 25.2. The standard InChI is InChI=1S/C22H18Cl2N2O3/c1-14(16-3-7-18(23)8-4-16)12-25-20(27)11-21(28)26(22(25)29)13-15(2)17-5-9-19(24)10-6-17/h3-11,27H,1-2,12-13H2. The molecule has 0 radical (unpaired) electrons. The van der Waals surface area contributed by atoms with Crippen LogP contribution in [0.25, 0.3) is 11.1 Å². The molecule has 0 atom stereocenters. The van der Waals surface area contributed by atoms with E-state index in [-0.39, 0.29) is 13.1 Å². The van der Waals surface area contributed by atoms with Gasteiger partial charge in [0.25, 0.3) is 5.56 Å². The highest BCUT2D eigenvalue weighted by Gasteiger charge is 2.14. The third kappa shape index (κ3) is 4.70. The molecular weight excluding hydrogens is 411 g/mol. The van der Waals surface area contributed by atoms with Crippen molar-refractivity contribution in [2.24, 2.45) is 0 Å². The maximum Gasteiger partial charge on any atom is 0.334 e. The van der Waals surface area contributed by atoms with Gasteiger partial charge in [0.1, 0.15) is 0 Å². The van der Waals surface area contributed by atoms with Gasteiger partial charge in [0.2, 0.25) is 5.88 Å². The van der Waals surface area contributed by atoms with E-state index in [2.05, 4.69) is 13.2 Å². The summed E-state index contributed by atoms with van der Waals surface area (Å²) in [5, 5.41) is 11.3. The Kier molecular flexibility index (Phi) is 6.11. The lowest BCUT2D eigenvalue weighted by molar-refractivity contribution is 0.404. The van der Waals surface area contributed by atoms with Gasteiger partial charge in [-0.15, -0.1) is 0 Å². The fourth-order valence-electron chi connectivity index (χ4n) is 2.83. The van der Waals surface area contributed by atoms with Gasteiger partial charge in [-0.1, -0.05) is 60.6 Å². The van der Waals surface area contributed by atoms with Gasteiger partial charge in [-0.3, -0.25) is 13.9 Å². The van der Waals surface area contributed by atoms with Crippen LogP contribution in [-0.4, -0.2) is 14.2 Å². The van der Waals surface area contributed by atoms with Gasteiger partial charge in [0.15, 0.2) is 0 Å². The van der Waals surface area contributed by atoms with Crippen LogP contribution in [0.2, 0.25) is 10.0 Å². The molecular formula is C22H18Cl2N2O3. The molecule has 0 saturated heterocycles. The van der Waals surface area contributed by atoms with Crippen molar-refractivity contribution in [1.82, 2.24) is 9.13 Å². The molecule has 0 amide bonds. The minimum Gasteiger partial charge on any atom is -0.494 e. The molecule has 5 nitrogen and oxygen atoms in total. The van der Waals surface area contributed by atoms with Crippen molar-refractivity contribution in [1.29, 1.82) is 0 Å². The summed E-state index contributed by atoms with van der Waals surface area (Å²) < 4.78 is 2.11. The molecule has 0 bridgehead atoms. The van der Waals surface area contributed by atoms with E-state index >= 15 is 0 Å². The predicted molar refractivity (Wildman–Crippen MR) is 118 cm³/mol. The van der Waals surface area contributed by atoms with Crippen LogP contribution < -0.4 is 11.2 Å². The highest BCUT2D eigenvalue weighted by Crippen LogP contribution is 2.19. The van der Waals surface area contributed by atoms with Crippen LogP contribution in [0.15, 0.2) is 77.3 Å². The molecule has 29 heavy (non-hydrogen) atoms. The molecule has 0 spiro atoms. The number of allylic oxidation sites excluding steroid dienone is 2. The number of aromatic hydroxyl groups is 1. The topological polar surface area (TPSA) is 64.2 Å². The van der Waals surface area contributed by atoms with Crippen molar-refractivity contribution in [2.75, 3.05) is 0 Å². The number of hydrogen-bond acceptors (Lipinski definition) is 3. The van der Waals surface area contributed by atoms with E-state index in [1.807, 2.05) is 0 Å². The van der Waals surface area contributed by atoms with Crippen molar-refractivity contribution in [3.8, 4) is 5.88 Å². The van der Waals surface area contributed by atoms with Crippen LogP contribution in [0.4, 0.5) is 0 Å². The Hall–Kier alpha value is -3.02. The first-order valence-electron chi connectivity index (χ1n) is 8.67. The molecule has 0 aliphatic heterocycles. The summed E-state index contributed by atoms with van der Waals surface area (Å²) in [6.45, 7) is 7.92. The Bertz CT molecular complexity index is 1190. The summed E-state index contributed by atoms with van der Waals surface area (Å²) >= 11 is 11.8. The van der Waals surface area contributed by atoms with Crippen LogP contribution in [0.1, 0.15) is 11.1 Å². The first kappa shape index (κ1) is 20.7. The minimum absolute atomic E-state index is 0.0139. The molecule has 148 valence electrons. The Morgan fingerprint density at radius 2 is 1.21 bits per heavy atom. The van der Waals surface area contributed by atoms with Gasteiger partial charge in [0, 0.05) is 10.0 Å². The molecule has 1 aromatic heterocycles. The second-order valence-corrected chi connectivity index (χ2v) is 7.39. The zero-order valence-electron chi connectivity index (χ0n) is 15.4. The molecule has 0 aliphatic carbocycles. The van der Waals surface area contributed by atoms with Crippen molar-refractivity contribution < 1.29 is 5.11 Å². The molecule has 0 fully saturated rings. The number of aromatic nitrogens is 2. The van der Waals surface area contributed by atoms with Gasteiger partial charge in [-0.05, 0) is 46.5 Å². The predicted octanol–water partition coefficient (Wildman–Crippen LogP) is 4.45. The van der Waals surface area contributed by atoms with E-state index in [1.54, 1.807) is 48.5 Å². The first-order valence-corrected chi connectivity index (χ1v) is 9.43. The lowest BCUT2D eigenvalue weighted by atomic mass is 10.1. The largest absolute Gasteiger partial charge is 0.494 e. The van der Waals surface area contributed by atoms with Crippen LogP contribution >= 0.6 is 23.2 Å². The van der Waals surface area contributed by atoms with E-state index in [9.17, 15) is 14.7 Å². The minimum atomic E-state index is -0.653. The molecule has 7 heteroatoms. The molecule has 0 aliphatic rings. The number of hydrogen-bond donors (Lipinski definition) is 1. The highest BCUT2D eigenvalue weighted by atomic mass is 35.5. The molecule has 1 N–H and O–H groups in total. The van der Waals surface area contributed by atoms with Gasteiger partial charge in [-0.2, -0.15) is 0 Å². The summed E-state index contributed by atoms with van der Waals surface area (Å²) in [6, 6.07) is 14.9. The monoisotopic (exact) mass is 428 g/mol. The average molecular weight is 429 g/mol. The van der Waals surface area contributed by atoms with Gasteiger partial charge in [-0.25, -0.2) is 4.79 Å². The quantitative estimate of drug-likeness (QED) is 0.630. The number of benzene rings is 2. The van der Waals surface area contributed by atoms with Crippen LogP contribution in [-0.2, 0) is 13.1 Å². The molecule has 2 aromatic carbocycles. The van der Waals surface area contributed by atoms with Crippen LogP contribution in [0.3, 0.4) is 0 Å². The SMILES string of the molecule is C=C(Cn1c(O)cc(=O)n(CC(=C)c2ccc(Cl)cc2)c1=O)c1ccc(Cl)cc1. The fourth-order valence-corrected chi connectivity index (χ4v) is 3.09.